The fourth-order valence-electron chi connectivity index (χ4n) is 3.71. The molecule has 0 aromatic rings. The van der Waals surface area contributed by atoms with Crippen LogP contribution in [0.3, 0.4) is 0 Å². The van der Waals surface area contributed by atoms with Crippen molar-refractivity contribution in [2.45, 2.75) is 78.4 Å². The summed E-state index contributed by atoms with van der Waals surface area (Å²) in [7, 11) is 0. The van der Waals surface area contributed by atoms with Gasteiger partial charge in [-0.1, -0.05) is 34.1 Å². The standard InChI is InChI=1S/C18H35NO/c1-5-15(4)13-19-8-6-17(7-9-19)20-18-11-16(12-18)10-14(2)3/h14-18H,5-13H2,1-4H3/t15?,16-,18-. The molecule has 0 aromatic carbocycles. The lowest BCUT2D eigenvalue weighted by Gasteiger charge is -2.41. The van der Waals surface area contributed by atoms with Crippen LogP contribution >= 0.6 is 0 Å². The van der Waals surface area contributed by atoms with Gasteiger partial charge in [0.2, 0.25) is 0 Å². The summed E-state index contributed by atoms with van der Waals surface area (Å²) in [6.45, 7) is 13.1. The summed E-state index contributed by atoms with van der Waals surface area (Å²) in [6.07, 6.45) is 8.99. The second-order valence-electron chi connectivity index (χ2n) is 7.74. The van der Waals surface area contributed by atoms with E-state index in [1.165, 1.54) is 58.2 Å². The molecule has 118 valence electrons. The number of hydrogen-bond acceptors (Lipinski definition) is 2. The molecule has 0 amide bonds. The van der Waals surface area contributed by atoms with E-state index >= 15 is 0 Å². The normalized spacial score (nSPS) is 30.4. The van der Waals surface area contributed by atoms with Crippen molar-refractivity contribution in [1.29, 1.82) is 0 Å². The molecule has 1 saturated heterocycles. The Morgan fingerprint density at radius 2 is 1.70 bits per heavy atom. The molecule has 1 heterocycles. The lowest BCUT2D eigenvalue weighted by atomic mass is 9.77. The number of rotatable bonds is 7. The molecule has 2 heteroatoms. The topological polar surface area (TPSA) is 12.5 Å². The maximum absolute atomic E-state index is 6.29. The van der Waals surface area contributed by atoms with E-state index in [1.807, 2.05) is 0 Å². The Bertz CT molecular complexity index is 265. The average Bonchev–Trinajstić information content (AvgIpc) is 2.37. The Labute approximate surface area is 126 Å². The minimum atomic E-state index is 0.549. The van der Waals surface area contributed by atoms with Gasteiger partial charge in [0.15, 0.2) is 0 Å². The lowest BCUT2D eigenvalue weighted by Crippen LogP contribution is -2.42. The van der Waals surface area contributed by atoms with Gasteiger partial charge in [-0.3, -0.25) is 0 Å². The molecule has 20 heavy (non-hydrogen) atoms. The zero-order chi connectivity index (χ0) is 14.5. The third kappa shape index (κ3) is 5.04. The summed E-state index contributed by atoms with van der Waals surface area (Å²) in [4.78, 5) is 2.64. The van der Waals surface area contributed by atoms with Crippen LogP contribution in [0.1, 0.15) is 66.2 Å². The molecular formula is C18H35NO. The van der Waals surface area contributed by atoms with Gasteiger partial charge in [0.1, 0.15) is 0 Å². The smallest absolute Gasteiger partial charge is 0.0603 e. The molecule has 1 atom stereocenters. The lowest BCUT2D eigenvalue weighted by molar-refractivity contribution is -0.0968. The molecule has 2 aliphatic rings. The van der Waals surface area contributed by atoms with Gasteiger partial charge in [-0.15, -0.1) is 0 Å². The number of hydrogen-bond donors (Lipinski definition) is 0. The van der Waals surface area contributed by atoms with Crippen molar-refractivity contribution in [1.82, 2.24) is 4.90 Å². The highest BCUT2D eigenvalue weighted by atomic mass is 16.5. The van der Waals surface area contributed by atoms with E-state index in [2.05, 4.69) is 32.6 Å². The first-order valence-corrected chi connectivity index (χ1v) is 8.94. The third-order valence-corrected chi connectivity index (χ3v) is 5.18. The van der Waals surface area contributed by atoms with Gasteiger partial charge in [-0.05, 0) is 49.9 Å². The fraction of sp³-hybridized carbons (Fsp3) is 1.00. The molecule has 0 radical (unpaired) electrons. The van der Waals surface area contributed by atoms with Crippen LogP contribution in [0.2, 0.25) is 0 Å². The van der Waals surface area contributed by atoms with E-state index in [0.717, 1.165) is 17.8 Å². The quantitative estimate of drug-likeness (QED) is 0.688. The molecule has 0 N–H and O–H groups in total. The van der Waals surface area contributed by atoms with Crippen molar-refractivity contribution in [2.24, 2.45) is 17.8 Å². The van der Waals surface area contributed by atoms with Gasteiger partial charge in [-0.2, -0.15) is 0 Å². The minimum Gasteiger partial charge on any atom is -0.375 e. The first kappa shape index (κ1) is 16.3. The fourth-order valence-corrected chi connectivity index (χ4v) is 3.71. The van der Waals surface area contributed by atoms with Crippen molar-refractivity contribution in [2.75, 3.05) is 19.6 Å². The van der Waals surface area contributed by atoms with E-state index in [0.29, 0.717) is 12.2 Å². The summed E-state index contributed by atoms with van der Waals surface area (Å²) in [5, 5.41) is 0. The summed E-state index contributed by atoms with van der Waals surface area (Å²) in [5.74, 6) is 2.64. The highest BCUT2D eigenvalue weighted by molar-refractivity contribution is 4.83. The largest absolute Gasteiger partial charge is 0.375 e. The predicted molar refractivity (Wildman–Crippen MR) is 86.0 cm³/mol. The van der Waals surface area contributed by atoms with E-state index in [1.54, 1.807) is 0 Å². The van der Waals surface area contributed by atoms with Crippen LogP contribution < -0.4 is 0 Å². The highest BCUT2D eigenvalue weighted by Gasteiger charge is 2.33. The van der Waals surface area contributed by atoms with E-state index < -0.39 is 0 Å². The van der Waals surface area contributed by atoms with Gasteiger partial charge in [0, 0.05) is 19.6 Å². The molecule has 2 fully saturated rings. The van der Waals surface area contributed by atoms with Crippen LogP contribution in [-0.4, -0.2) is 36.7 Å². The summed E-state index contributed by atoms with van der Waals surface area (Å²) >= 11 is 0. The Kier molecular flexibility index (Phi) is 6.35. The van der Waals surface area contributed by atoms with Crippen molar-refractivity contribution in [3.05, 3.63) is 0 Å². The van der Waals surface area contributed by atoms with Crippen LogP contribution in [0.5, 0.6) is 0 Å². The third-order valence-electron chi connectivity index (χ3n) is 5.18. The summed E-state index contributed by atoms with van der Waals surface area (Å²) in [5.41, 5.74) is 0. The maximum Gasteiger partial charge on any atom is 0.0603 e. The minimum absolute atomic E-state index is 0.549. The van der Waals surface area contributed by atoms with Crippen molar-refractivity contribution >= 4 is 0 Å². The average molecular weight is 281 g/mol. The van der Waals surface area contributed by atoms with E-state index in [-0.39, 0.29) is 0 Å². The molecule has 1 saturated carbocycles. The van der Waals surface area contributed by atoms with Gasteiger partial charge in [0.05, 0.1) is 12.2 Å². The zero-order valence-corrected chi connectivity index (χ0v) is 14.1. The predicted octanol–water partition coefficient (Wildman–Crippen LogP) is 4.34. The molecule has 0 spiro atoms. The molecule has 1 aliphatic carbocycles. The number of piperidine rings is 1. The molecule has 2 rings (SSSR count). The summed E-state index contributed by atoms with van der Waals surface area (Å²) in [6, 6.07) is 0. The van der Waals surface area contributed by atoms with E-state index in [9.17, 15) is 0 Å². The van der Waals surface area contributed by atoms with Crippen LogP contribution in [0, 0.1) is 17.8 Å². The van der Waals surface area contributed by atoms with Crippen molar-refractivity contribution in [3.63, 3.8) is 0 Å². The van der Waals surface area contributed by atoms with Crippen molar-refractivity contribution in [3.8, 4) is 0 Å². The highest BCUT2D eigenvalue weighted by Crippen LogP contribution is 2.36. The molecular weight excluding hydrogens is 246 g/mol. The SMILES string of the molecule is CCC(C)CN1CCC(O[C@H]2C[C@H](CC(C)C)C2)CC1. The Hall–Kier alpha value is -0.0800. The zero-order valence-electron chi connectivity index (χ0n) is 14.1. The number of ether oxygens (including phenoxy) is 1. The van der Waals surface area contributed by atoms with Gasteiger partial charge in [-0.25, -0.2) is 0 Å². The van der Waals surface area contributed by atoms with E-state index in [4.69, 9.17) is 4.74 Å². The van der Waals surface area contributed by atoms with Crippen LogP contribution in [-0.2, 0) is 4.74 Å². The van der Waals surface area contributed by atoms with Crippen LogP contribution in [0.25, 0.3) is 0 Å². The Balaban J connectivity index is 1.57. The summed E-state index contributed by atoms with van der Waals surface area (Å²) < 4.78 is 6.29. The molecule has 2 nitrogen and oxygen atoms in total. The van der Waals surface area contributed by atoms with Gasteiger partial charge >= 0.3 is 0 Å². The second-order valence-corrected chi connectivity index (χ2v) is 7.74. The number of nitrogens with zero attached hydrogens (tertiary/aromatic N) is 1. The molecule has 1 aliphatic heterocycles. The first-order chi connectivity index (χ1) is 9.56. The molecule has 0 bridgehead atoms. The second kappa shape index (κ2) is 7.79. The maximum atomic E-state index is 6.29. The van der Waals surface area contributed by atoms with Gasteiger partial charge < -0.3 is 9.64 Å². The Morgan fingerprint density at radius 1 is 1.05 bits per heavy atom. The van der Waals surface area contributed by atoms with Gasteiger partial charge in [0.25, 0.3) is 0 Å². The van der Waals surface area contributed by atoms with Crippen molar-refractivity contribution < 1.29 is 4.74 Å². The monoisotopic (exact) mass is 281 g/mol. The van der Waals surface area contributed by atoms with Crippen LogP contribution in [0.4, 0.5) is 0 Å². The molecule has 1 unspecified atom stereocenters. The van der Waals surface area contributed by atoms with Crippen LogP contribution in [0.15, 0.2) is 0 Å². The molecule has 0 aromatic heterocycles. The first-order valence-electron chi connectivity index (χ1n) is 8.94. The number of likely N-dealkylation sites (tertiary alicyclic amines) is 1. The Morgan fingerprint density at radius 3 is 2.25 bits per heavy atom.